The maximum Gasteiger partial charge on any atom is 0.405 e. The van der Waals surface area contributed by atoms with Crippen LogP contribution in [-0.4, -0.2) is 29.0 Å². The smallest absolute Gasteiger partial charge is 0.405 e. The van der Waals surface area contributed by atoms with Gasteiger partial charge < -0.3 is 4.74 Å². The minimum atomic E-state index is -4.70. The zero-order valence-electron chi connectivity index (χ0n) is 18.4. The highest BCUT2D eigenvalue weighted by atomic mass is 19.4. The first-order valence-corrected chi connectivity index (χ1v) is 11.0. The lowest BCUT2D eigenvalue weighted by Crippen LogP contribution is -2.56. The molecule has 0 amide bonds. The molecule has 1 heterocycles. The van der Waals surface area contributed by atoms with Gasteiger partial charge >= 0.3 is 12.1 Å². The number of allylic oxidation sites excluding steroid dienone is 3. The molecule has 0 radical (unpaired) electrons. The van der Waals surface area contributed by atoms with E-state index in [4.69, 9.17) is 4.74 Å². The number of hydrogen-bond donors (Lipinski definition) is 0. The monoisotopic (exact) mass is 460 g/mol. The third-order valence-electron chi connectivity index (χ3n) is 7.79. The Hall–Kier alpha value is -2.90. The van der Waals surface area contributed by atoms with E-state index in [1.165, 1.54) is 12.1 Å². The summed E-state index contributed by atoms with van der Waals surface area (Å²) in [7, 11) is 1.03. The van der Waals surface area contributed by atoms with Gasteiger partial charge in [0, 0.05) is 11.3 Å². The number of methoxy groups -OCH3 is 1. The van der Waals surface area contributed by atoms with Gasteiger partial charge in [0.25, 0.3) is 0 Å². The van der Waals surface area contributed by atoms with Crippen LogP contribution >= 0.6 is 0 Å². The van der Waals surface area contributed by atoms with Crippen molar-refractivity contribution in [2.24, 2.45) is 16.7 Å². The van der Waals surface area contributed by atoms with Gasteiger partial charge in [0.05, 0.1) is 24.7 Å². The lowest BCUT2D eigenvalue weighted by atomic mass is 9.51. The van der Waals surface area contributed by atoms with Crippen LogP contribution in [0.4, 0.5) is 17.6 Å². The van der Waals surface area contributed by atoms with Gasteiger partial charge in [0.2, 0.25) is 0 Å². The van der Waals surface area contributed by atoms with E-state index in [-0.39, 0.29) is 25.1 Å². The summed E-state index contributed by atoms with van der Waals surface area (Å²) in [6, 6.07) is 6.02. The maximum atomic E-state index is 14.4. The number of esters is 1. The fourth-order valence-corrected chi connectivity index (χ4v) is 6.15. The van der Waals surface area contributed by atoms with Crippen LogP contribution < -0.4 is 0 Å². The van der Waals surface area contributed by atoms with E-state index < -0.39 is 28.9 Å². The van der Waals surface area contributed by atoms with Gasteiger partial charge in [-0.25, -0.2) is 9.07 Å². The molecule has 0 bridgehead atoms. The van der Waals surface area contributed by atoms with E-state index in [0.29, 0.717) is 24.1 Å². The molecule has 0 aliphatic heterocycles. The zero-order valence-corrected chi connectivity index (χ0v) is 18.4. The predicted octanol–water partition coefficient (Wildman–Crippen LogP) is 5.81. The summed E-state index contributed by atoms with van der Waals surface area (Å²) in [5.41, 5.74) is 1.05. The minimum Gasteiger partial charge on any atom is -0.468 e. The predicted molar refractivity (Wildman–Crippen MR) is 114 cm³/mol. The van der Waals surface area contributed by atoms with Crippen molar-refractivity contribution in [2.45, 2.75) is 45.2 Å². The molecule has 0 saturated heterocycles. The Morgan fingerprint density at radius 3 is 2.64 bits per heavy atom. The molecule has 1 aromatic heterocycles. The van der Waals surface area contributed by atoms with Crippen molar-refractivity contribution in [1.82, 2.24) is 9.78 Å². The molecule has 0 N–H and O–H groups in total. The first-order chi connectivity index (χ1) is 15.6. The number of alkyl halides is 3. The second-order valence-electron chi connectivity index (χ2n) is 9.37. The van der Waals surface area contributed by atoms with Gasteiger partial charge in [-0.2, -0.15) is 18.3 Å². The Balaban J connectivity index is 1.58. The molecule has 1 saturated carbocycles. The molecule has 4 nitrogen and oxygen atoms in total. The van der Waals surface area contributed by atoms with Crippen LogP contribution in [0.5, 0.6) is 0 Å². The quantitative estimate of drug-likeness (QED) is 0.323. The highest BCUT2D eigenvalue weighted by Gasteiger charge is 2.68. The van der Waals surface area contributed by atoms with Crippen LogP contribution in [0.2, 0.25) is 0 Å². The second kappa shape index (κ2) is 7.30. The van der Waals surface area contributed by atoms with E-state index in [2.05, 4.69) is 5.10 Å². The molecule has 1 unspecified atom stereocenters. The van der Waals surface area contributed by atoms with Crippen LogP contribution in [0.1, 0.15) is 43.9 Å². The van der Waals surface area contributed by atoms with Crippen molar-refractivity contribution < 1.29 is 27.1 Å². The van der Waals surface area contributed by atoms with Crippen molar-refractivity contribution in [2.75, 3.05) is 7.11 Å². The molecule has 3 aliphatic rings. The van der Waals surface area contributed by atoms with E-state index in [9.17, 15) is 22.4 Å². The number of aromatic nitrogens is 2. The molecule has 33 heavy (non-hydrogen) atoms. The van der Waals surface area contributed by atoms with Crippen molar-refractivity contribution >= 4 is 12.0 Å². The highest BCUT2D eigenvalue weighted by molar-refractivity contribution is 5.80. The summed E-state index contributed by atoms with van der Waals surface area (Å²) in [4.78, 5) is 12.6. The Bertz CT molecular complexity index is 1180. The van der Waals surface area contributed by atoms with Gasteiger partial charge in [0.15, 0.2) is 5.41 Å². The first-order valence-electron chi connectivity index (χ1n) is 11.0. The van der Waals surface area contributed by atoms with Crippen molar-refractivity contribution in [3.05, 3.63) is 64.8 Å². The summed E-state index contributed by atoms with van der Waals surface area (Å²) in [5.74, 6) is -2.48. The number of hydrogen-bond acceptors (Lipinski definition) is 3. The number of carbonyl (C=O) groups is 1. The lowest BCUT2D eigenvalue weighted by molar-refractivity contribution is -0.250. The molecule has 1 fully saturated rings. The normalized spacial score (nSPS) is 28.7. The standard InChI is InChI=1S/C25H24F4N2O2/c1-23-13-15-14-30-31(18-8-6-17(26)7-9-18)21(15)12-16(23)5-10-20-19(23)4-3-11-24(20,22(32)33-2)25(27,28)29/h4,6-9,12,14,20H,3,5,10-11,13H2,1-2H3/t20-,23+,24?/m1/s1. The van der Waals surface area contributed by atoms with Crippen LogP contribution in [0, 0.1) is 22.6 Å². The number of rotatable bonds is 2. The van der Waals surface area contributed by atoms with Crippen LogP contribution in [-0.2, 0) is 16.0 Å². The molecule has 2 aromatic rings. The van der Waals surface area contributed by atoms with Gasteiger partial charge in [-0.1, -0.05) is 24.1 Å². The molecular weight excluding hydrogens is 436 g/mol. The number of ether oxygens (including phenoxy) is 1. The molecular formula is C25H24F4N2O2. The van der Waals surface area contributed by atoms with Gasteiger partial charge in [-0.3, -0.25) is 4.79 Å². The van der Waals surface area contributed by atoms with Gasteiger partial charge in [-0.05, 0) is 68.0 Å². The van der Waals surface area contributed by atoms with E-state index >= 15 is 0 Å². The van der Waals surface area contributed by atoms with E-state index in [0.717, 1.165) is 23.9 Å². The molecule has 5 rings (SSSR count). The average Bonchev–Trinajstić information content (AvgIpc) is 3.18. The zero-order chi connectivity index (χ0) is 23.6. The number of carbonyl (C=O) groups excluding carboxylic acids is 1. The fraction of sp³-hybridized carbons (Fsp3) is 0.440. The fourth-order valence-electron chi connectivity index (χ4n) is 6.15. The summed E-state index contributed by atoms with van der Waals surface area (Å²) in [6.07, 6.45) is 1.98. The van der Waals surface area contributed by atoms with Crippen molar-refractivity contribution in [1.29, 1.82) is 0 Å². The number of halogens is 4. The molecule has 3 aliphatic carbocycles. The number of nitrogens with zero attached hydrogens (tertiary/aromatic N) is 2. The first kappa shape index (κ1) is 21.9. The van der Waals surface area contributed by atoms with Crippen molar-refractivity contribution in [3.63, 3.8) is 0 Å². The largest absolute Gasteiger partial charge is 0.468 e. The molecule has 3 atom stereocenters. The summed E-state index contributed by atoms with van der Waals surface area (Å²) >= 11 is 0. The van der Waals surface area contributed by atoms with Crippen molar-refractivity contribution in [3.8, 4) is 5.69 Å². The molecule has 0 spiro atoms. The number of benzene rings is 1. The Morgan fingerprint density at radius 2 is 1.97 bits per heavy atom. The van der Waals surface area contributed by atoms with Gasteiger partial charge in [0.1, 0.15) is 5.82 Å². The molecule has 174 valence electrons. The Morgan fingerprint density at radius 1 is 1.24 bits per heavy atom. The summed E-state index contributed by atoms with van der Waals surface area (Å²) < 4.78 is 63.1. The third-order valence-corrected chi connectivity index (χ3v) is 7.79. The lowest BCUT2D eigenvalue weighted by Gasteiger charge is -2.53. The minimum absolute atomic E-state index is 0.172. The molecule has 8 heteroatoms. The summed E-state index contributed by atoms with van der Waals surface area (Å²) in [5, 5.41) is 4.48. The average molecular weight is 460 g/mol. The van der Waals surface area contributed by atoms with Crippen LogP contribution in [0.3, 0.4) is 0 Å². The van der Waals surface area contributed by atoms with Gasteiger partial charge in [-0.15, -0.1) is 0 Å². The van der Waals surface area contributed by atoms with E-state index in [1.807, 2.05) is 19.1 Å². The maximum absolute atomic E-state index is 14.4. The topological polar surface area (TPSA) is 44.1 Å². The van der Waals surface area contributed by atoms with Crippen LogP contribution in [0.25, 0.3) is 11.8 Å². The summed E-state index contributed by atoms with van der Waals surface area (Å²) in [6.45, 7) is 1.97. The Labute approximate surface area is 188 Å². The van der Waals surface area contributed by atoms with E-state index in [1.54, 1.807) is 23.0 Å². The van der Waals surface area contributed by atoms with Crippen LogP contribution in [0.15, 0.2) is 47.7 Å². The number of fused-ring (bicyclic) bond motifs is 4. The Kier molecular flexibility index (Phi) is 4.85. The molecule has 1 aromatic carbocycles. The SMILES string of the molecule is COC(=O)C1(C(F)(F)F)CCC=C2[C@H]1CCC1=Cc3c(cnn3-c3ccc(F)cc3)C[C@@]12C. The second-order valence-corrected chi connectivity index (χ2v) is 9.37. The third kappa shape index (κ3) is 3.02. The highest BCUT2D eigenvalue weighted by Crippen LogP contribution is 2.63.